The Hall–Kier alpha value is -1.21. The summed E-state index contributed by atoms with van der Waals surface area (Å²) in [5.41, 5.74) is 6.31. The molecular weight excluding hydrogens is 318 g/mol. The largest absolute Gasteiger partial charge is 0.399 e. The number of hydrogen-bond acceptors (Lipinski definition) is 4. The number of urea groups is 1. The molecule has 98 valence electrons. The van der Waals surface area contributed by atoms with E-state index >= 15 is 0 Å². The van der Waals surface area contributed by atoms with Gasteiger partial charge in [-0.1, -0.05) is 0 Å². The van der Waals surface area contributed by atoms with Crippen LogP contribution in [0.5, 0.6) is 0 Å². The van der Waals surface area contributed by atoms with Crippen LogP contribution in [0.2, 0.25) is 0 Å². The number of carbonyl (C=O) groups is 2. The first-order chi connectivity index (χ1) is 8.52. The summed E-state index contributed by atoms with van der Waals surface area (Å²) in [6.07, 6.45) is 0.273. The molecule has 0 aliphatic rings. The minimum Gasteiger partial charge on any atom is -0.399 e. The van der Waals surface area contributed by atoms with Gasteiger partial charge >= 0.3 is 6.03 Å². The number of amides is 3. The SMILES string of the molecule is CNC(=O)NC(=O)CCSc1ccc(N)cc1Br. The fourth-order valence-electron chi connectivity index (χ4n) is 1.14. The Morgan fingerprint density at radius 1 is 1.44 bits per heavy atom. The van der Waals surface area contributed by atoms with Crippen molar-refractivity contribution in [3.8, 4) is 0 Å². The van der Waals surface area contributed by atoms with Gasteiger partial charge < -0.3 is 11.1 Å². The van der Waals surface area contributed by atoms with Gasteiger partial charge in [0.1, 0.15) is 0 Å². The molecule has 0 unspecified atom stereocenters. The lowest BCUT2D eigenvalue weighted by molar-refractivity contribution is -0.119. The molecule has 0 heterocycles. The number of halogens is 1. The summed E-state index contributed by atoms with van der Waals surface area (Å²) in [6, 6.07) is 5.02. The van der Waals surface area contributed by atoms with E-state index in [-0.39, 0.29) is 12.3 Å². The van der Waals surface area contributed by atoms with Crippen LogP contribution in [0.4, 0.5) is 10.5 Å². The van der Waals surface area contributed by atoms with Crippen molar-refractivity contribution in [3.63, 3.8) is 0 Å². The van der Waals surface area contributed by atoms with Gasteiger partial charge in [-0.3, -0.25) is 10.1 Å². The molecule has 0 saturated heterocycles. The maximum absolute atomic E-state index is 11.3. The summed E-state index contributed by atoms with van der Waals surface area (Å²) in [4.78, 5) is 23.2. The highest BCUT2D eigenvalue weighted by Crippen LogP contribution is 2.29. The van der Waals surface area contributed by atoms with Gasteiger partial charge in [0.2, 0.25) is 5.91 Å². The van der Waals surface area contributed by atoms with E-state index in [1.165, 1.54) is 18.8 Å². The fraction of sp³-hybridized carbons (Fsp3) is 0.273. The average Bonchev–Trinajstić information content (AvgIpc) is 2.31. The molecule has 5 nitrogen and oxygen atoms in total. The molecule has 0 atom stereocenters. The Morgan fingerprint density at radius 2 is 2.17 bits per heavy atom. The third-order valence-corrected chi connectivity index (χ3v) is 4.02. The van der Waals surface area contributed by atoms with Crippen LogP contribution in [0, 0.1) is 0 Å². The van der Waals surface area contributed by atoms with Crippen LogP contribution in [0.25, 0.3) is 0 Å². The van der Waals surface area contributed by atoms with Crippen LogP contribution >= 0.6 is 27.7 Å². The van der Waals surface area contributed by atoms with Crippen molar-refractivity contribution in [2.45, 2.75) is 11.3 Å². The second-order valence-electron chi connectivity index (χ2n) is 3.42. The number of nitrogen functional groups attached to an aromatic ring is 1. The fourth-order valence-corrected chi connectivity index (χ4v) is 2.75. The number of benzene rings is 1. The molecule has 1 rings (SSSR count). The first-order valence-electron chi connectivity index (χ1n) is 5.22. The molecule has 7 heteroatoms. The third kappa shape index (κ3) is 4.97. The minimum atomic E-state index is -0.487. The molecule has 3 amide bonds. The van der Waals surface area contributed by atoms with Crippen molar-refractivity contribution < 1.29 is 9.59 Å². The first-order valence-corrected chi connectivity index (χ1v) is 7.00. The van der Waals surface area contributed by atoms with Crippen molar-refractivity contribution in [1.82, 2.24) is 10.6 Å². The number of hydrogen-bond donors (Lipinski definition) is 3. The summed E-state index contributed by atoms with van der Waals surface area (Å²) in [5, 5.41) is 4.53. The molecule has 0 aliphatic heterocycles. The Balaban J connectivity index is 2.37. The number of anilines is 1. The standard InChI is InChI=1S/C11H14BrN3O2S/c1-14-11(17)15-10(16)4-5-18-9-3-2-7(13)6-8(9)12/h2-3,6H,4-5,13H2,1H3,(H2,14,15,16,17). The molecule has 0 aliphatic carbocycles. The molecule has 4 N–H and O–H groups in total. The molecule has 18 heavy (non-hydrogen) atoms. The highest BCUT2D eigenvalue weighted by Gasteiger charge is 2.07. The smallest absolute Gasteiger partial charge is 0.321 e. The van der Waals surface area contributed by atoms with E-state index in [0.29, 0.717) is 11.4 Å². The molecular formula is C11H14BrN3O2S. The second kappa shape index (κ2) is 7.27. The highest BCUT2D eigenvalue weighted by atomic mass is 79.9. The third-order valence-electron chi connectivity index (χ3n) is 2.02. The predicted molar refractivity (Wildman–Crippen MR) is 76.5 cm³/mol. The molecule has 0 spiro atoms. The van der Waals surface area contributed by atoms with Gasteiger partial charge in [-0.2, -0.15) is 0 Å². The predicted octanol–water partition coefficient (Wildman–Crippen LogP) is 1.97. The summed E-state index contributed by atoms with van der Waals surface area (Å²) < 4.78 is 0.902. The van der Waals surface area contributed by atoms with E-state index in [4.69, 9.17) is 5.73 Å². The summed E-state index contributed by atoms with van der Waals surface area (Å²) >= 11 is 4.92. The molecule has 0 aromatic heterocycles. The Morgan fingerprint density at radius 3 is 2.78 bits per heavy atom. The lowest BCUT2D eigenvalue weighted by Gasteiger charge is -2.05. The van der Waals surface area contributed by atoms with Gasteiger partial charge in [0.05, 0.1) is 0 Å². The first kappa shape index (κ1) is 14.8. The number of imide groups is 1. The molecule has 0 saturated carbocycles. The van der Waals surface area contributed by atoms with E-state index < -0.39 is 6.03 Å². The Bertz CT molecular complexity index is 454. The van der Waals surface area contributed by atoms with E-state index in [0.717, 1.165) is 9.37 Å². The van der Waals surface area contributed by atoms with Crippen molar-refractivity contribution in [3.05, 3.63) is 22.7 Å². The zero-order valence-electron chi connectivity index (χ0n) is 9.83. The van der Waals surface area contributed by atoms with E-state index in [2.05, 4.69) is 26.6 Å². The van der Waals surface area contributed by atoms with Gasteiger partial charge in [0, 0.05) is 34.3 Å². The van der Waals surface area contributed by atoms with Gasteiger partial charge in [-0.15, -0.1) is 11.8 Å². The van der Waals surface area contributed by atoms with Gasteiger partial charge in [0.15, 0.2) is 0 Å². The number of nitrogens with one attached hydrogen (secondary N) is 2. The topological polar surface area (TPSA) is 84.2 Å². The number of carbonyl (C=O) groups excluding carboxylic acids is 2. The molecule has 0 radical (unpaired) electrons. The van der Waals surface area contributed by atoms with Crippen molar-refractivity contribution >= 4 is 45.3 Å². The zero-order valence-corrected chi connectivity index (χ0v) is 12.2. The van der Waals surface area contributed by atoms with E-state index in [9.17, 15) is 9.59 Å². The van der Waals surface area contributed by atoms with Gasteiger partial charge in [0.25, 0.3) is 0 Å². The maximum atomic E-state index is 11.3. The molecule has 1 aromatic rings. The molecule has 0 fully saturated rings. The molecule has 1 aromatic carbocycles. The minimum absolute atomic E-state index is 0.273. The monoisotopic (exact) mass is 331 g/mol. The summed E-state index contributed by atoms with van der Waals surface area (Å²) in [6.45, 7) is 0. The zero-order chi connectivity index (χ0) is 13.5. The van der Waals surface area contributed by atoms with Crippen LogP contribution in [-0.2, 0) is 4.79 Å². The Kier molecular flexibility index (Phi) is 6.00. The van der Waals surface area contributed by atoms with Gasteiger partial charge in [-0.05, 0) is 34.1 Å². The lowest BCUT2D eigenvalue weighted by atomic mass is 10.3. The van der Waals surface area contributed by atoms with Crippen LogP contribution in [0.15, 0.2) is 27.6 Å². The molecule has 0 bridgehead atoms. The lowest BCUT2D eigenvalue weighted by Crippen LogP contribution is -2.37. The van der Waals surface area contributed by atoms with Crippen LogP contribution < -0.4 is 16.4 Å². The van der Waals surface area contributed by atoms with Gasteiger partial charge in [-0.25, -0.2) is 4.79 Å². The van der Waals surface area contributed by atoms with Crippen LogP contribution in [0.1, 0.15) is 6.42 Å². The summed E-state index contributed by atoms with van der Waals surface area (Å²) in [5.74, 6) is 0.291. The van der Waals surface area contributed by atoms with E-state index in [1.54, 1.807) is 6.07 Å². The number of nitrogens with two attached hydrogens (primary N) is 1. The quantitative estimate of drug-likeness (QED) is 0.581. The summed E-state index contributed by atoms with van der Waals surface area (Å²) in [7, 11) is 1.46. The van der Waals surface area contributed by atoms with Crippen LogP contribution in [0.3, 0.4) is 0 Å². The second-order valence-corrected chi connectivity index (χ2v) is 5.41. The van der Waals surface area contributed by atoms with Crippen molar-refractivity contribution in [1.29, 1.82) is 0 Å². The average molecular weight is 332 g/mol. The van der Waals surface area contributed by atoms with Crippen molar-refractivity contribution in [2.75, 3.05) is 18.5 Å². The Labute approximate surface area is 118 Å². The normalized spacial score (nSPS) is 9.89. The number of thioether (sulfide) groups is 1. The van der Waals surface area contributed by atoms with Crippen LogP contribution in [-0.4, -0.2) is 24.7 Å². The van der Waals surface area contributed by atoms with E-state index in [1.807, 2.05) is 12.1 Å². The highest BCUT2D eigenvalue weighted by molar-refractivity contribution is 9.10. The maximum Gasteiger partial charge on any atom is 0.321 e. The van der Waals surface area contributed by atoms with Crippen molar-refractivity contribution in [2.24, 2.45) is 0 Å². The number of rotatable bonds is 4.